The molecule has 2 atom stereocenters. The topological polar surface area (TPSA) is 43.4 Å². The summed E-state index contributed by atoms with van der Waals surface area (Å²) in [5, 5.41) is 3.29. The number of pyridine rings is 1. The van der Waals surface area contributed by atoms with Crippen LogP contribution in [0.1, 0.15) is 44.9 Å². The summed E-state index contributed by atoms with van der Waals surface area (Å²) in [6, 6.07) is 4.17. The first-order valence-corrected chi connectivity index (χ1v) is 7.59. The first-order chi connectivity index (χ1) is 9.67. The minimum absolute atomic E-state index is 0.289. The molecule has 0 aromatic carbocycles. The lowest BCUT2D eigenvalue weighted by atomic mass is 10.0. The highest BCUT2D eigenvalue weighted by molar-refractivity contribution is 5.13. The van der Waals surface area contributed by atoms with Crippen LogP contribution in [0.3, 0.4) is 0 Å². The number of aromatic nitrogens is 1. The van der Waals surface area contributed by atoms with E-state index < -0.39 is 0 Å². The fraction of sp³-hybridized carbons (Fsp3) is 0.688. The molecule has 4 heteroatoms. The Labute approximate surface area is 121 Å². The molecule has 0 aliphatic carbocycles. The van der Waals surface area contributed by atoms with Crippen molar-refractivity contribution >= 4 is 0 Å². The average Bonchev–Trinajstić information content (AvgIpc) is 2.43. The first kappa shape index (κ1) is 15.4. The summed E-state index contributed by atoms with van der Waals surface area (Å²) in [5.74, 6) is 0. The van der Waals surface area contributed by atoms with Crippen molar-refractivity contribution in [1.82, 2.24) is 10.3 Å². The largest absolute Gasteiger partial charge is 0.375 e. The summed E-state index contributed by atoms with van der Waals surface area (Å²) >= 11 is 0. The zero-order valence-electron chi connectivity index (χ0n) is 12.8. The smallest absolute Gasteiger partial charge is 0.0891 e. The molecule has 112 valence electrons. The highest BCUT2D eigenvalue weighted by atomic mass is 16.5. The molecule has 1 saturated heterocycles. The van der Waals surface area contributed by atoms with Crippen LogP contribution in [-0.2, 0) is 22.6 Å². The van der Waals surface area contributed by atoms with E-state index in [0.29, 0.717) is 18.8 Å². The van der Waals surface area contributed by atoms with Crippen LogP contribution in [0.5, 0.6) is 0 Å². The van der Waals surface area contributed by atoms with E-state index in [1.807, 2.05) is 6.20 Å². The highest BCUT2D eigenvalue weighted by Gasteiger charge is 2.24. The Balaban J connectivity index is 1.78. The van der Waals surface area contributed by atoms with E-state index in [0.717, 1.165) is 31.6 Å². The summed E-state index contributed by atoms with van der Waals surface area (Å²) in [4.78, 5) is 4.46. The van der Waals surface area contributed by atoms with Gasteiger partial charge in [0.1, 0.15) is 0 Å². The lowest BCUT2D eigenvalue weighted by Crippen LogP contribution is -2.34. The predicted molar refractivity (Wildman–Crippen MR) is 79.4 cm³/mol. The van der Waals surface area contributed by atoms with Crippen molar-refractivity contribution in [3.63, 3.8) is 0 Å². The molecule has 0 saturated carbocycles. The van der Waals surface area contributed by atoms with Crippen LogP contribution in [0.25, 0.3) is 0 Å². The second-order valence-corrected chi connectivity index (χ2v) is 5.60. The molecule has 1 aliphatic heterocycles. The fourth-order valence-corrected chi connectivity index (χ4v) is 2.60. The number of nitrogens with zero attached hydrogens (tertiary/aromatic N) is 1. The average molecular weight is 278 g/mol. The van der Waals surface area contributed by atoms with Crippen LogP contribution < -0.4 is 5.32 Å². The highest BCUT2D eigenvalue weighted by Crippen LogP contribution is 2.22. The van der Waals surface area contributed by atoms with Crippen LogP contribution >= 0.6 is 0 Å². The number of hydrogen-bond donors (Lipinski definition) is 1. The molecular weight excluding hydrogens is 252 g/mol. The van der Waals surface area contributed by atoms with Crippen molar-refractivity contribution < 1.29 is 9.47 Å². The summed E-state index contributed by atoms with van der Waals surface area (Å²) < 4.78 is 11.7. The monoisotopic (exact) mass is 278 g/mol. The van der Waals surface area contributed by atoms with E-state index >= 15 is 0 Å². The zero-order chi connectivity index (χ0) is 14.4. The molecule has 2 heterocycles. The van der Waals surface area contributed by atoms with Crippen LogP contribution in [0.4, 0.5) is 0 Å². The summed E-state index contributed by atoms with van der Waals surface area (Å²) in [5.41, 5.74) is 2.21. The Morgan fingerprint density at radius 1 is 1.30 bits per heavy atom. The third-order valence-corrected chi connectivity index (χ3v) is 3.59. The van der Waals surface area contributed by atoms with Gasteiger partial charge in [0.15, 0.2) is 0 Å². The van der Waals surface area contributed by atoms with E-state index in [1.165, 1.54) is 5.56 Å². The van der Waals surface area contributed by atoms with Crippen LogP contribution in [-0.4, -0.2) is 29.8 Å². The van der Waals surface area contributed by atoms with E-state index in [9.17, 15) is 0 Å². The van der Waals surface area contributed by atoms with Gasteiger partial charge in [0.05, 0.1) is 30.6 Å². The van der Waals surface area contributed by atoms with E-state index in [1.54, 1.807) is 0 Å². The van der Waals surface area contributed by atoms with Gasteiger partial charge < -0.3 is 14.8 Å². The summed E-state index contributed by atoms with van der Waals surface area (Å²) in [6.07, 6.45) is 4.75. The molecule has 20 heavy (non-hydrogen) atoms. The maximum atomic E-state index is 5.97. The molecule has 2 unspecified atom stereocenters. The third-order valence-electron chi connectivity index (χ3n) is 3.59. The normalized spacial score (nSPS) is 26.6. The molecular formula is C16H26N2O2. The number of ether oxygens (including phenoxy) is 2. The first-order valence-electron chi connectivity index (χ1n) is 7.59. The molecule has 2 rings (SSSR count). The van der Waals surface area contributed by atoms with Gasteiger partial charge in [0.2, 0.25) is 0 Å². The molecule has 1 N–H and O–H groups in total. The number of hydrogen-bond acceptors (Lipinski definition) is 4. The summed E-state index contributed by atoms with van der Waals surface area (Å²) in [7, 11) is 0. The quantitative estimate of drug-likeness (QED) is 0.869. The minimum atomic E-state index is 0.289. The summed E-state index contributed by atoms with van der Waals surface area (Å²) in [6.45, 7) is 8.77. The number of rotatable bonds is 6. The second-order valence-electron chi connectivity index (χ2n) is 5.60. The van der Waals surface area contributed by atoms with Crippen molar-refractivity contribution in [2.45, 2.75) is 65.1 Å². The third kappa shape index (κ3) is 4.85. The Bertz CT molecular complexity index is 384. The Morgan fingerprint density at radius 3 is 2.65 bits per heavy atom. The lowest BCUT2D eigenvalue weighted by Gasteiger charge is -2.31. The second kappa shape index (κ2) is 7.72. The lowest BCUT2D eigenvalue weighted by molar-refractivity contribution is -0.106. The van der Waals surface area contributed by atoms with Crippen molar-refractivity contribution in [3.8, 4) is 0 Å². The predicted octanol–water partition coefficient (Wildman–Crippen LogP) is 2.66. The fourth-order valence-electron chi connectivity index (χ4n) is 2.60. The molecule has 0 amide bonds. The molecule has 1 aromatic heterocycles. The molecule has 1 aromatic rings. The van der Waals surface area contributed by atoms with Gasteiger partial charge >= 0.3 is 0 Å². The van der Waals surface area contributed by atoms with Crippen LogP contribution in [0, 0.1) is 0 Å². The molecule has 1 aliphatic rings. The minimum Gasteiger partial charge on any atom is -0.375 e. The molecule has 0 radical (unpaired) electrons. The Hall–Kier alpha value is -0.970. The van der Waals surface area contributed by atoms with Gasteiger partial charge in [0.25, 0.3) is 0 Å². The van der Waals surface area contributed by atoms with Gasteiger partial charge in [-0.25, -0.2) is 0 Å². The standard InChI is InChI=1S/C16H26N2O2/c1-4-17-9-14-5-6-15(18-10-14)11-19-16-7-12(2)20-13(3)8-16/h5-6,10,12-13,16-17H,4,7-9,11H2,1-3H3. The molecule has 1 fully saturated rings. The van der Waals surface area contributed by atoms with E-state index in [-0.39, 0.29) is 6.10 Å². The van der Waals surface area contributed by atoms with Crippen molar-refractivity contribution in [3.05, 3.63) is 29.6 Å². The van der Waals surface area contributed by atoms with E-state index in [2.05, 4.69) is 43.2 Å². The van der Waals surface area contributed by atoms with Gasteiger partial charge in [-0.2, -0.15) is 0 Å². The van der Waals surface area contributed by atoms with Crippen molar-refractivity contribution in [1.29, 1.82) is 0 Å². The molecule has 0 spiro atoms. The van der Waals surface area contributed by atoms with Gasteiger partial charge in [-0.15, -0.1) is 0 Å². The maximum absolute atomic E-state index is 5.97. The van der Waals surface area contributed by atoms with Gasteiger partial charge in [-0.3, -0.25) is 4.98 Å². The van der Waals surface area contributed by atoms with Crippen LogP contribution in [0.15, 0.2) is 18.3 Å². The van der Waals surface area contributed by atoms with Gasteiger partial charge in [0, 0.05) is 12.7 Å². The van der Waals surface area contributed by atoms with Crippen molar-refractivity contribution in [2.75, 3.05) is 6.54 Å². The zero-order valence-corrected chi connectivity index (χ0v) is 12.8. The van der Waals surface area contributed by atoms with Gasteiger partial charge in [-0.1, -0.05) is 13.0 Å². The maximum Gasteiger partial charge on any atom is 0.0891 e. The molecule has 4 nitrogen and oxygen atoms in total. The van der Waals surface area contributed by atoms with Gasteiger partial charge in [-0.05, 0) is 44.9 Å². The van der Waals surface area contributed by atoms with Crippen LogP contribution in [0.2, 0.25) is 0 Å². The number of nitrogens with one attached hydrogen (secondary N) is 1. The van der Waals surface area contributed by atoms with Crippen molar-refractivity contribution in [2.24, 2.45) is 0 Å². The SMILES string of the molecule is CCNCc1ccc(COC2CC(C)OC(C)C2)nc1. The molecule has 0 bridgehead atoms. The van der Waals surface area contributed by atoms with E-state index in [4.69, 9.17) is 9.47 Å². The Morgan fingerprint density at radius 2 is 2.05 bits per heavy atom. The Kier molecular flexibility index (Phi) is 5.95.